The quantitative estimate of drug-likeness (QED) is 0.197. The maximum absolute atomic E-state index is 14.0. The molecule has 4 aromatic rings. The van der Waals surface area contributed by atoms with Crippen molar-refractivity contribution in [2.75, 3.05) is 38.4 Å². The molecule has 39 heavy (non-hydrogen) atoms. The highest BCUT2D eigenvalue weighted by molar-refractivity contribution is 7.53. The maximum Gasteiger partial charge on any atom is 0.331 e. The summed E-state index contributed by atoms with van der Waals surface area (Å²) in [6.45, 7) is 2.07. The van der Waals surface area contributed by atoms with Crippen molar-refractivity contribution in [1.82, 2.24) is 9.97 Å². The van der Waals surface area contributed by atoms with Crippen LogP contribution in [0.2, 0.25) is 0 Å². The first-order valence-electron chi connectivity index (χ1n) is 13.1. The summed E-state index contributed by atoms with van der Waals surface area (Å²) < 4.78 is 37.0. The predicted molar refractivity (Wildman–Crippen MR) is 153 cm³/mol. The van der Waals surface area contributed by atoms with Gasteiger partial charge in [0.1, 0.15) is 12.1 Å². The number of aromatic nitrogens is 2. The van der Waals surface area contributed by atoms with Crippen LogP contribution in [0.3, 0.4) is 0 Å². The van der Waals surface area contributed by atoms with E-state index in [4.69, 9.17) is 18.5 Å². The monoisotopic (exact) mass is 547 g/mol. The second-order valence-corrected chi connectivity index (χ2v) is 11.8. The molecule has 1 fully saturated rings. The van der Waals surface area contributed by atoms with Gasteiger partial charge >= 0.3 is 7.60 Å². The molecule has 1 aliphatic heterocycles. The third kappa shape index (κ3) is 6.77. The first-order chi connectivity index (χ1) is 19.1. The number of hydrogen-bond donors (Lipinski definition) is 0. The van der Waals surface area contributed by atoms with Crippen molar-refractivity contribution in [2.24, 2.45) is 5.92 Å². The molecule has 1 saturated heterocycles. The molecule has 1 aromatic heterocycles. The Hall–Kier alpha value is -3.45. The van der Waals surface area contributed by atoms with Crippen LogP contribution in [-0.2, 0) is 26.8 Å². The third-order valence-corrected chi connectivity index (χ3v) is 9.07. The highest BCUT2D eigenvalue weighted by Gasteiger charge is 2.32. The lowest BCUT2D eigenvalue weighted by atomic mass is 9.98. The van der Waals surface area contributed by atoms with Gasteiger partial charge in [0.05, 0.1) is 39.1 Å². The second kappa shape index (κ2) is 12.6. The summed E-state index contributed by atoms with van der Waals surface area (Å²) in [5.41, 5.74) is 2.74. The van der Waals surface area contributed by atoms with Gasteiger partial charge in [-0.15, -0.1) is 0 Å². The molecule has 1 aliphatic rings. The molecule has 8 nitrogen and oxygen atoms in total. The molecular formula is C30H34N3O5P. The number of anilines is 1. The Morgan fingerprint density at radius 1 is 0.821 bits per heavy atom. The first-order valence-corrected chi connectivity index (χ1v) is 14.9. The number of rotatable bonds is 11. The molecule has 5 rings (SSSR count). The van der Waals surface area contributed by atoms with Crippen molar-refractivity contribution >= 4 is 24.3 Å². The molecule has 0 bridgehead atoms. The Kier molecular flexibility index (Phi) is 8.77. The zero-order valence-electron chi connectivity index (χ0n) is 22.4. The van der Waals surface area contributed by atoms with Gasteiger partial charge < -0.3 is 23.4 Å². The summed E-state index contributed by atoms with van der Waals surface area (Å²) in [4.78, 5) is 11.3. The van der Waals surface area contributed by atoms with Crippen molar-refractivity contribution in [3.8, 4) is 11.5 Å². The number of nitrogens with zero attached hydrogens (tertiary/aromatic N) is 3. The van der Waals surface area contributed by atoms with Crippen molar-refractivity contribution in [1.29, 1.82) is 0 Å². The Bertz CT molecular complexity index is 1370. The van der Waals surface area contributed by atoms with E-state index in [1.54, 1.807) is 20.5 Å². The van der Waals surface area contributed by atoms with Crippen LogP contribution in [0.1, 0.15) is 24.0 Å². The summed E-state index contributed by atoms with van der Waals surface area (Å²) in [7, 11) is -0.109. The van der Waals surface area contributed by atoms with Gasteiger partial charge in [-0.2, -0.15) is 0 Å². The molecule has 0 spiro atoms. The first kappa shape index (κ1) is 27.1. The van der Waals surface area contributed by atoms with E-state index in [1.165, 1.54) is 0 Å². The minimum atomic E-state index is -3.34. The van der Waals surface area contributed by atoms with Crippen LogP contribution in [0, 0.1) is 5.92 Å². The molecule has 204 valence electrons. The molecule has 0 radical (unpaired) electrons. The van der Waals surface area contributed by atoms with Gasteiger partial charge in [0.2, 0.25) is 0 Å². The second-order valence-electron chi connectivity index (χ2n) is 9.66. The lowest BCUT2D eigenvalue weighted by Gasteiger charge is -2.34. The van der Waals surface area contributed by atoms with E-state index in [1.807, 2.05) is 72.8 Å². The predicted octanol–water partition coefficient (Wildman–Crippen LogP) is 6.49. The third-order valence-electron chi connectivity index (χ3n) is 7.06. The van der Waals surface area contributed by atoms with Gasteiger partial charge in [0, 0.05) is 24.5 Å². The molecule has 0 N–H and O–H groups in total. The van der Waals surface area contributed by atoms with Gasteiger partial charge in [-0.25, -0.2) is 9.97 Å². The van der Waals surface area contributed by atoms with Gasteiger partial charge in [-0.3, -0.25) is 4.57 Å². The van der Waals surface area contributed by atoms with Crippen LogP contribution in [-0.4, -0.2) is 43.4 Å². The summed E-state index contributed by atoms with van der Waals surface area (Å²) in [6, 6.07) is 23.4. The van der Waals surface area contributed by atoms with Crippen LogP contribution in [0.5, 0.6) is 11.5 Å². The summed E-state index contributed by atoms with van der Waals surface area (Å²) in [5.74, 6) is 2.35. The van der Waals surface area contributed by atoms with E-state index < -0.39 is 7.60 Å². The summed E-state index contributed by atoms with van der Waals surface area (Å²) >= 11 is 0. The number of ether oxygens (including phenoxy) is 2. The number of hydrogen-bond acceptors (Lipinski definition) is 8. The SMILES string of the molecule is COc1cc2ncnc(N3CCC(CP(=O)(OCc4ccccc4)OCc4ccccc4)CC3)c2cc1OC. The molecule has 0 amide bonds. The highest BCUT2D eigenvalue weighted by atomic mass is 31.2. The van der Waals surface area contributed by atoms with Gasteiger partial charge in [-0.1, -0.05) is 60.7 Å². The Morgan fingerprint density at radius 2 is 1.38 bits per heavy atom. The van der Waals surface area contributed by atoms with Gasteiger partial charge in [0.15, 0.2) is 11.5 Å². The smallest absolute Gasteiger partial charge is 0.331 e. The zero-order chi connectivity index (χ0) is 27.1. The average molecular weight is 548 g/mol. The Labute approximate surface area is 229 Å². The minimum absolute atomic E-state index is 0.210. The van der Waals surface area contributed by atoms with E-state index in [0.717, 1.165) is 53.8 Å². The number of methoxy groups -OCH3 is 2. The van der Waals surface area contributed by atoms with Crippen LogP contribution in [0.4, 0.5) is 5.82 Å². The molecule has 0 unspecified atom stereocenters. The van der Waals surface area contributed by atoms with E-state index >= 15 is 0 Å². The van der Waals surface area contributed by atoms with Crippen LogP contribution < -0.4 is 14.4 Å². The van der Waals surface area contributed by atoms with Crippen LogP contribution in [0.15, 0.2) is 79.1 Å². The Balaban J connectivity index is 1.27. The molecular weight excluding hydrogens is 513 g/mol. The molecule has 0 aliphatic carbocycles. The van der Waals surface area contributed by atoms with Crippen molar-refractivity contribution in [3.05, 3.63) is 90.3 Å². The minimum Gasteiger partial charge on any atom is -0.493 e. The summed E-state index contributed by atoms with van der Waals surface area (Å²) in [6.07, 6.45) is 3.67. The highest BCUT2D eigenvalue weighted by Crippen LogP contribution is 2.52. The van der Waals surface area contributed by atoms with Gasteiger partial charge in [0.25, 0.3) is 0 Å². The lowest BCUT2D eigenvalue weighted by molar-refractivity contribution is 0.185. The fraction of sp³-hybridized carbons (Fsp3) is 0.333. The topological polar surface area (TPSA) is 83.0 Å². The van der Waals surface area contributed by atoms with Crippen LogP contribution in [0.25, 0.3) is 10.9 Å². The number of piperidine rings is 1. The molecule has 2 heterocycles. The molecule has 3 aromatic carbocycles. The van der Waals surface area contributed by atoms with E-state index in [2.05, 4.69) is 14.9 Å². The zero-order valence-corrected chi connectivity index (χ0v) is 23.3. The van der Waals surface area contributed by atoms with E-state index in [0.29, 0.717) is 17.7 Å². The standard InChI is InChI=1S/C30H34N3O5P/c1-35-28-17-26-27(18-29(28)36-2)31-22-32-30(26)33-15-13-25(14-16-33)21-39(34,37-19-23-9-5-3-6-10-23)38-20-24-11-7-4-8-12-24/h3-12,17-18,22,25H,13-16,19-21H2,1-2H3. The number of fused-ring (bicyclic) bond motifs is 1. The normalized spacial score (nSPS) is 14.5. The van der Waals surface area contributed by atoms with E-state index in [-0.39, 0.29) is 19.1 Å². The van der Waals surface area contributed by atoms with Crippen molar-refractivity contribution in [2.45, 2.75) is 26.1 Å². The van der Waals surface area contributed by atoms with Crippen molar-refractivity contribution < 1.29 is 23.1 Å². The average Bonchev–Trinajstić information content (AvgIpc) is 2.99. The van der Waals surface area contributed by atoms with E-state index in [9.17, 15) is 4.57 Å². The van der Waals surface area contributed by atoms with Crippen molar-refractivity contribution in [3.63, 3.8) is 0 Å². The van der Waals surface area contributed by atoms with Crippen LogP contribution >= 0.6 is 7.60 Å². The molecule has 0 saturated carbocycles. The fourth-order valence-electron chi connectivity index (χ4n) is 4.90. The lowest BCUT2D eigenvalue weighted by Crippen LogP contribution is -2.35. The fourth-order valence-corrected chi connectivity index (χ4v) is 6.88. The Morgan fingerprint density at radius 3 is 1.95 bits per heavy atom. The molecule has 0 atom stereocenters. The number of benzene rings is 3. The molecule has 9 heteroatoms. The maximum atomic E-state index is 14.0. The largest absolute Gasteiger partial charge is 0.493 e. The van der Waals surface area contributed by atoms with Gasteiger partial charge in [-0.05, 0) is 36.0 Å². The summed E-state index contributed by atoms with van der Waals surface area (Å²) in [5, 5.41) is 0.914.